The summed E-state index contributed by atoms with van der Waals surface area (Å²) in [5.74, 6) is 0. The lowest BCUT2D eigenvalue weighted by Gasteiger charge is -2.35. The van der Waals surface area contributed by atoms with E-state index < -0.39 is 17.4 Å². The summed E-state index contributed by atoms with van der Waals surface area (Å²) in [5, 5.41) is 8.35. The molecular formula is C18H23ClN4O3. The van der Waals surface area contributed by atoms with Crippen LogP contribution in [-0.2, 0) is 9.47 Å². The van der Waals surface area contributed by atoms with Crippen molar-refractivity contribution in [2.45, 2.75) is 52.0 Å². The third-order valence-corrected chi connectivity index (χ3v) is 4.42. The highest BCUT2D eigenvalue weighted by molar-refractivity contribution is 6.32. The number of nitrogens with zero attached hydrogens (tertiary/aromatic N) is 4. The van der Waals surface area contributed by atoms with Gasteiger partial charge in [-0.1, -0.05) is 22.9 Å². The number of benzene rings is 1. The molecule has 1 fully saturated rings. The zero-order valence-corrected chi connectivity index (χ0v) is 16.3. The molecular weight excluding hydrogens is 356 g/mol. The van der Waals surface area contributed by atoms with Gasteiger partial charge in [-0.15, -0.1) is 5.10 Å². The van der Waals surface area contributed by atoms with Gasteiger partial charge in [-0.2, -0.15) is 0 Å². The highest BCUT2D eigenvalue weighted by Gasteiger charge is 2.46. The summed E-state index contributed by atoms with van der Waals surface area (Å²) < 4.78 is 13.1. The molecule has 140 valence electrons. The summed E-state index contributed by atoms with van der Waals surface area (Å²) in [5.41, 5.74) is 0.207. The first kappa shape index (κ1) is 18.7. The topological polar surface area (TPSA) is 69.5 Å². The van der Waals surface area contributed by atoms with E-state index >= 15 is 0 Å². The number of ether oxygens (including phenoxy) is 2. The van der Waals surface area contributed by atoms with Crippen molar-refractivity contribution < 1.29 is 14.3 Å². The first-order valence-electron chi connectivity index (χ1n) is 8.41. The molecule has 2 aromatic rings. The van der Waals surface area contributed by atoms with Crippen LogP contribution in [0.4, 0.5) is 4.79 Å². The molecule has 1 aromatic heterocycles. The maximum Gasteiger partial charge on any atom is 0.413 e. The molecule has 1 aromatic carbocycles. The summed E-state index contributed by atoms with van der Waals surface area (Å²) in [4.78, 5) is 14.4. The van der Waals surface area contributed by atoms with Crippen molar-refractivity contribution in [1.82, 2.24) is 19.9 Å². The fourth-order valence-electron chi connectivity index (χ4n) is 2.95. The number of hydrogen-bond donors (Lipinski definition) is 0. The molecule has 0 radical (unpaired) electrons. The summed E-state index contributed by atoms with van der Waals surface area (Å²) in [7, 11) is 0. The van der Waals surface area contributed by atoms with E-state index in [4.69, 9.17) is 21.1 Å². The maximum absolute atomic E-state index is 12.8. The van der Waals surface area contributed by atoms with Crippen LogP contribution in [-0.4, -0.2) is 43.9 Å². The van der Waals surface area contributed by atoms with Gasteiger partial charge in [0.2, 0.25) is 0 Å². The molecule has 26 heavy (non-hydrogen) atoms. The quantitative estimate of drug-likeness (QED) is 0.790. The highest BCUT2D eigenvalue weighted by atomic mass is 35.5. The van der Waals surface area contributed by atoms with E-state index in [1.807, 2.05) is 46.8 Å². The van der Waals surface area contributed by atoms with Crippen LogP contribution in [0.25, 0.3) is 5.69 Å². The lowest BCUT2D eigenvalue weighted by Crippen LogP contribution is -2.47. The molecule has 2 heterocycles. The van der Waals surface area contributed by atoms with Gasteiger partial charge in [-0.3, -0.25) is 4.90 Å². The van der Waals surface area contributed by atoms with E-state index in [0.717, 1.165) is 5.56 Å². The zero-order chi connectivity index (χ0) is 19.1. The van der Waals surface area contributed by atoms with Crippen molar-refractivity contribution in [3.05, 3.63) is 41.2 Å². The Morgan fingerprint density at radius 1 is 1.38 bits per heavy atom. The molecule has 1 aliphatic rings. The Morgan fingerprint density at radius 3 is 2.73 bits per heavy atom. The number of carbonyl (C=O) groups is 1. The van der Waals surface area contributed by atoms with Gasteiger partial charge in [-0.25, -0.2) is 9.48 Å². The predicted molar refractivity (Wildman–Crippen MR) is 97.2 cm³/mol. The molecule has 1 unspecified atom stereocenters. The first-order valence-corrected chi connectivity index (χ1v) is 8.79. The third kappa shape index (κ3) is 3.68. The molecule has 3 rings (SSSR count). The Hall–Kier alpha value is -2.12. The average molecular weight is 379 g/mol. The van der Waals surface area contributed by atoms with Crippen LogP contribution < -0.4 is 0 Å². The van der Waals surface area contributed by atoms with E-state index in [-0.39, 0.29) is 6.04 Å². The molecule has 1 aliphatic heterocycles. The highest BCUT2D eigenvalue weighted by Crippen LogP contribution is 2.39. The summed E-state index contributed by atoms with van der Waals surface area (Å²) in [6.07, 6.45) is 2.88. The zero-order valence-electron chi connectivity index (χ0n) is 15.6. The minimum absolute atomic E-state index is 0.292. The molecule has 1 amide bonds. The number of hydrogen-bond acceptors (Lipinski definition) is 5. The Balaban J connectivity index is 1.97. The second kappa shape index (κ2) is 6.55. The van der Waals surface area contributed by atoms with Gasteiger partial charge in [0.05, 0.1) is 35.8 Å². The van der Waals surface area contributed by atoms with E-state index in [1.165, 1.54) is 0 Å². The van der Waals surface area contributed by atoms with Crippen molar-refractivity contribution in [3.63, 3.8) is 0 Å². The van der Waals surface area contributed by atoms with Crippen LogP contribution in [0.3, 0.4) is 0 Å². The molecule has 0 bridgehead atoms. The fraction of sp³-hybridized carbons (Fsp3) is 0.500. The lowest BCUT2D eigenvalue weighted by atomic mass is 10.0. The average Bonchev–Trinajstić information content (AvgIpc) is 3.13. The minimum Gasteiger partial charge on any atom is -0.444 e. The van der Waals surface area contributed by atoms with Crippen LogP contribution in [0.2, 0.25) is 5.02 Å². The van der Waals surface area contributed by atoms with Gasteiger partial charge in [0.15, 0.2) is 0 Å². The number of aromatic nitrogens is 3. The van der Waals surface area contributed by atoms with E-state index in [9.17, 15) is 4.79 Å². The molecule has 0 spiro atoms. The normalized spacial score (nSPS) is 19.6. The smallest absolute Gasteiger partial charge is 0.413 e. The number of amides is 1. The molecule has 0 N–H and O–H groups in total. The summed E-state index contributed by atoms with van der Waals surface area (Å²) in [6, 6.07) is 5.27. The predicted octanol–water partition coefficient (Wildman–Crippen LogP) is 3.97. The molecule has 7 nitrogen and oxygen atoms in total. The number of halogens is 1. The Bertz CT molecular complexity index is 799. The van der Waals surface area contributed by atoms with Crippen molar-refractivity contribution >= 4 is 17.7 Å². The Labute approximate surface area is 157 Å². The lowest BCUT2D eigenvalue weighted by molar-refractivity contribution is -0.0626. The number of rotatable bonds is 2. The van der Waals surface area contributed by atoms with Crippen LogP contribution in [0.15, 0.2) is 30.6 Å². The summed E-state index contributed by atoms with van der Waals surface area (Å²) >= 11 is 6.31. The van der Waals surface area contributed by atoms with E-state index in [2.05, 4.69) is 10.3 Å². The standard InChI is InChI=1S/C18H23ClN4O3/c1-17(2,3)26-16(24)23-15(11-25-18(23,4)5)12-6-7-13(19)14(10-12)22-9-8-20-21-22/h6-10,15H,11H2,1-5H3. The Kier molecular flexibility index (Phi) is 4.71. The van der Waals surface area contributed by atoms with Crippen LogP contribution in [0.1, 0.15) is 46.2 Å². The van der Waals surface area contributed by atoms with Crippen molar-refractivity contribution in [1.29, 1.82) is 0 Å². The van der Waals surface area contributed by atoms with Gasteiger partial charge in [0.1, 0.15) is 11.3 Å². The maximum atomic E-state index is 12.8. The third-order valence-electron chi connectivity index (χ3n) is 4.10. The van der Waals surface area contributed by atoms with Gasteiger partial charge < -0.3 is 9.47 Å². The minimum atomic E-state index is -0.778. The van der Waals surface area contributed by atoms with Crippen LogP contribution >= 0.6 is 11.6 Å². The van der Waals surface area contributed by atoms with Crippen molar-refractivity contribution in [2.24, 2.45) is 0 Å². The molecule has 1 saturated heterocycles. The van der Waals surface area contributed by atoms with Crippen LogP contribution in [0.5, 0.6) is 0 Å². The Morgan fingerprint density at radius 2 is 2.12 bits per heavy atom. The van der Waals surface area contributed by atoms with Crippen LogP contribution in [0, 0.1) is 0 Å². The summed E-state index contributed by atoms with van der Waals surface area (Å²) in [6.45, 7) is 9.60. The largest absolute Gasteiger partial charge is 0.444 e. The molecule has 0 aliphatic carbocycles. The van der Waals surface area contributed by atoms with Gasteiger partial charge in [0, 0.05) is 0 Å². The number of carbonyl (C=O) groups excluding carboxylic acids is 1. The molecule has 1 atom stereocenters. The monoisotopic (exact) mass is 378 g/mol. The SMILES string of the molecule is CC(C)(C)OC(=O)N1C(c2ccc(Cl)c(-n3ccnn3)c2)COC1(C)C. The van der Waals surface area contributed by atoms with Gasteiger partial charge >= 0.3 is 6.09 Å². The second-order valence-electron chi connectivity index (χ2n) is 7.68. The van der Waals surface area contributed by atoms with Crippen molar-refractivity contribution in [3.8, 4) is 5.69 Å². The molecule has 0 saturated carbocycles. The second-order valence-corrected chi connectivity index (χ2v) is 8.09. The van der Waals surface area contributed by atoms with E-state index in [1.54, 1.807) is 28.0 Å². The molecule has 8 heteroatoms. The van der Waals surface area contributed by atoms with E-state index in [0.29, 0.717) is 17.3 Å². The fourth-order valence-corrected chi connectivity index (χ4v) is 3.16. The first-order chi connectivity index (χ1) is 12.1. The van der Waals surface area contributed by atoms with Gasteiger partial charge in [-0.05, 0) is 52.3 Å². The van der Waals surface area contributed by atoms with Crippen molar-refractivity contribution in [2.75, 3.05) is 6.61 Å². The van der Waals surface area contributed by atoms with Gasteiger partial charge in [0.25, 0.3) is 0 Å².